The molecule has 1 heterocycles. The van der Waals surface area contributed by atoms with Crippen LogP contribution in [-0.4, -0.2) is 46.5 Å². The lowest BCUT2D eigenvalue weighted by Crippen LogP contribution is -2.47. The smallest absolute Gasteiger partial charge is 0.326 e. The molecule has 0 bridgehead atoms. The molecular weight excluding hydrogens is 254 g/mol. The van der Waals surface area contributed by atoms with E-state index in [2.05, 4.69) is 18.1 Å². The minimum Gasteiger partial charge on any atom is -0.480 e. The van der Waals surface area contributed by atoms with Gasteiger partial charge in [0.2, 0.25) is 5.91 Å². The van der Waals surface area contributed by atoms with Gasteiger partial charge < -0.3 is 16.2 Å². The molecule has 0 radical (unpaired) electrons. The lowest BCUT2D eigenvalue weighted by molar-refractivity contribution is -0.142. The fraction of sp³-hybridized carbons (Fsp3) is 0.818. The van der Waals surface area contributed by atoms with Crippen LogP contribution < -0.4 is 11.1 Å². The summed E-state index contributed by atoms with van der Waals surface area (Å²) in [7, 11) is 0. The van der Waals surface area contributed by atoms with E-state index in [1.54, 1.807) is 4.31 Å². The third-order valence-electron chi connectivity index (χ3n) is 3.09. The van der Waals surface area contributed by atoms with Crippen molar-refractivity contribution in [2.45, 2.75) is 44.2 Å². The zero-order valence-corrected chi connectivity index (χ0v) is 11.2. The number of nitrogens with zero attached hydrogens (tertiary/aromatic N) is 1. The fourth-order valence-corrected chi connectivity index (χ4v) is 2.40. The Kier molecular flexibility index (Phi) is 6.45. The standard InChI is InChI=1S/C11H21N3O3S/c12-6-2-1-4-8(11(16)17)13-10(15)9-5-3-7-14(9)18/h8-9,18H,1-7,12H2,(H,13,15)(H,16,17)/t8-,9-/m0/s1. The molecule has 0 aromatic heterocycles. The second kappa shape index (κ2) is 7.60. The zero-order valence-electron chi connectivity index (χ0n) is 10.3. The maximum Gasteiger partial charge on any atom is 0.326 e. The number of hydrogen-bond donors (Lipinski definition) is 4. The van der Waals surface area contributed by atoms with Crippen LogP contribution in [0.1, 0.15) is 32.1 Å². The molecule has 0 aromatic carbocycles. The predicted molar refractivity (Wildman–Crippen MR) is 71.2 cm³/mol. The van der Waals surface area contributed by atoms with Crippen molar-refractivity contribution in [3.05, 3.63) is 0 Å². The summed E-state index contributed by atoms with van der Waals surface area (Å²) in [6, 6.07) is -1.14. The summed E-state index contributed by atoms with van der Waals surface area (Å²) in [6.07, 6.45) is 3.51. The molecule has 1 amide bonds. The van der Waals surface area contributed by atoms with Crippen molar-refractivity contribution in [2.75, 3.05) is 13.1 Å². The number of amides is 1. The summed E-state index contributed by atoms with van der Waals surface area (Å²) >= 11 is 4.20. The maximum absolute atomic E-state index is 11.9. The number of unbranched alkanes of at least 4 members (excludes halogenated alkanes) is 1. The molecule has 6 nitrogen and oxygen atoms in total. The van der Waals surface area contributed by atoms with Crippen LogP contribution in [0.2, 0.25) is 0 Å². The van der Waals surface area contributed by atoms with Crippen molar-refractivity contribution in [3.63, 3.8) is 0 Å². The number of carboxylic acids is 1. The second-order valence-electron chi connectivity index (χ2n) is 4.50. The van der Waals surface area contributed by atoms with E-state index in [1.807, 2.05) is 0 Å². The number of thiol groups is 1. The first-order valence-electron chi connectivity index (χ1n) is 6.25. The van der Waals surface area contributed by atoms with Gasteiger partial charge in [-0.3, -0.25) is 4.79 Å². The SMILES string of the molecule is NCCCC[C@H](NC(=O)[C@@H]1CCCN1S)C(=O)O. The Bertz CT molecular complexity index is 301. The van der Waals surface area contributed by atoms with Crippen molar-refractivity contribution >= 4 is 24.7 Å². The Labute approximate surface area is 112 Å². The van der Waals surface area contributed by atoms with Crippen LogP contribution in [0.5, 0.6) is 0 Å². The minimum absolute atomic E-state index is 0.248. The van der Waals surface area contributed by atoms with Gasteiger partial charge in [0.05, 0.1) is 6.04 Å². The minimum atomic E-state index is -0.996. The van der Waals surface area contributed by atoms with Crippen molar-refractivity contribution in [1.29, 1.82) is 0 Å². The Morgan fingerprint density at radius 3 is 2.72 bits per heavy atom. The highest BCUT2D eigenvalue weighted by Crippen LogP contribution is 2.19. The average molecular weight is 275 g/mol. The molecule has 18 heavy (non-hydrogen) atoms. The van der Waals surface area contributed by atoms with Gasteiger partial charge in [-0.25, -0.2) is 9.10 Å². The monoisotopic (exact) mass is 275 g/mol. The zero-order chi connectivity index (χ0) is 13.5. The van der Waals surface area contributed by atoms with Gasteiger partial charge in [0, 0.05) is 6.54 Å². The van der Waals surface area contributed by atoms with Crippen LogP contribution in [-0.2, 0) is 9.59 Å². The molecule has 1 saturated heterocycles. The molecule has 1 rings (SSSR count). The Hall–Kier alpha value is -0.790. The van der Waals surface area contributed by atoms with Gasteiger partial charge in [-0.2, -0.15) is 0 Å². The molecule has 104 valence electrons. The first-order valence-corrected chi connectivity index (χ1v) is 6.65. The van der Waals surface area contributed by atoms with Crippen LogP contribution in [0.3, 0.4) is 0 Å². The molecule has 7 heteroatoms. The number of carbonyl (C=O) groups is 2. The molecule has 0 unspecified atom stereocenters. The summed E-state index contributed by atoms with van der Waals surface area (Å²) < 4.78 is 1.66. The highest BCUT2D eigenvalue weighted by molar-refractivity contribution is 7.77. The number of carboxylic acid groups (broad SMARTS) is 1. The third kappa shape index (κ3) is 4.47. The lowest BCUT2D eigenvalue weighted by atomic mass is 10.1. The van der Waals surface area contributed by atoms with E-state index in [0.29, 0.717) is 19.4 Å². The van der Waals surface area contributed by atoms with E-state index >= 15 is 0 Å². The van der Waals surface area contributed by atoms with Crippen LogP contribution in [0.4, 0.5) is 0 Å². The quantitative estimate of drug-likeness (QED) is 0.387. The Morgan fingerprint density at radius 1 is 1.50 bits per heavy atom. The van der Waals surface area contributed by atoms with Gasteiger partial charge in [-0.1, -0.05) is 12.8 Å². The van der Waals surface area contributed by atoms with E-state index in [-0.39, 0.29) is 11.9 Å². The Balaban J connectivity index is 2.44. The summed E-state index contributed by atoms with van der Waals surface area (Å²) in [4.78, 5) is 23.0. The molecule has 1 aliphatic heterocycles. The second-order valence-corrected chi connectivity index (χ2v) is 5.02. The molecule has 4 N–H and O–H groups in total. The molecule has 0 aliphatic carbocycles. The highest BCUT2D eigenvalue weighted by Gasteiger charge is 2.31. The lowest BCUT2D eigenvalue weighted by Gasteiger charge is -2.21. The average Bonchev–Trinajstić information content (AvgIpc) is 2.74. The summed E-state index contributed by atoms with van der Waals surface area (Å²) in [6.45, 7) is 1.29. The first-order chi connectivity index (χ1) is 8.56. The molecule has 0 saturated carbocycles. The predicted octanol–water partition coefficient (Wildman–Crippen LogP) is -0.00600. The van der Waals surface area contributed by atoms with Crippen LogP contribution >= 0.6 is 12.8 Å². The van der Waals surface area contributed by atoms with E-state index < -0.39 is 12.0 Å². The molecule has 1 aliphatic rings. The van der Waals surface area contributed by atoms with Crippen LogP contribution in [0.25, 0.3) is 0 Å². The van der Waals surface area contributed by atoms with E-state index in [0.717, 1.165) is 25.8 Å². The summed E-state index contributed by atoms with van der Waals surface area (Å²) in [5.41, 5.74) is 5.36. The fourth-order valence-electron chi connectivity index (χ4n) is 2.04. The highest BCUT2D eigenvalue weighted by atomic mass is 32.1. The van der Waals surface area contributed by atoms with Gasteiger partial charge in [0.15, 0.2) is 0 Å². The molecule has 1 fully saturated rings. The third-order valence-corrected chi connectivity index (χ3v) is 3.57. The number of nitrogens with two attached hydrogens (primary N) is 1. The number of nitrogens with one attached hydrogen (secondary N) is 1. The van der Waals surface area contributed by atoms with Crippen molar-refractivity contribution in [1.82, 2.24) is 9.62 Å². The van der Waals surface area contributed by atoms with E-state index in [4.69, 9.17) is 10.8 Å². The maximum atomic E-state index is 11.9. The summed E-state index contributed by atoms with van der Waals surface area (Å²) in [5.74, 6) is -1.24. The van der Waals surface area contributed by atoms with E-state index in [9.17, 15) is 9.59 Å². The van der Waals surface area contributed by atoms with Crippen molar-refractivity contribution in [3.8, 4) is 0 Å². The van der Waals surface area contributed by atoms with Gasteiger partial charge in [-0.15, -0.1) is 0 Å². The molecular formula is C11H21N3O3S. The normalized spacial score (nSPS) is 21.8. The number of carbonyl (C=O) groups excluding carboxylic acids is 1. The number of aliphatic carboxylic acids is 1. The molecule has 0 spiro atoms. The van der Waals surface area contributed by atoms with Crippen molar-refractivity contribution in [2.24, 2.45) is 5.73 Å². The van der Waals surface area contributed by atoms with Gasteiger partial charge in [0.1, 0.15) is 6.04 Å². The van der Waals surface area contributed by atoms with Gasteiger partial charge in [-0.05, 0) is 38.6 Å². The van der Waals surface area contributed by atoms with Gasteiger partial charge in [0.25, 0.3) is 0 Å². The number of rotatable bonds is 7. The first kappa shape index (κ1) is 15.3. The van der Waals surface area contributed by atoms with Crippen LogP contribution in [0, 0.1) is 0 Å². The number of hydrogen-bond acceptors (Lipinski definition) is 5. The Morgan fingerprint density at radius 2 is 2.22 bits per heavy atom. The van der Waals surface area contributed by atoms with E-state index in [1.165, 1.54) is 0 Å². The largest absolute Gasteiger partial charge is 0.480 e. The molecule has 2 atom stereocenters. The topological polar surface area (TPSA) is 95.7 Å². The molecule has 0 aromatic rings. The van der Waals surface area contributed by atoms with Crippen molar-refractivity contribution < 1.29 is 14.7 Å². The summed E-state index contributed by atoms with van der Waals surface area (Å²) in [5, 5.41) is 11.6. The van der Waals surface area contributed by atoms with Gasteiger partial charge >= 0.3 is 5.97 Å². The van der Waals surface area contributed by atoms with Crippen LogP contribution in [0.15, 0.2) is 0 Å².